The van der Waals surface area contributed by atoms with Crippen LogP contribution in [0.15, 0.2) is 65.0 Å². The summed E-state index contributed by atoms with van der Waals surface area (Å²) in [5, 5.41) is 8.13. The minimum absolute atomic E-state index is 0.0528. The maximum atomic E-state index is 13.4. The molecule has 1 heterocycles. The van der Waals surface area contributed by atoms with E-state index in [1.54, 1.807) is 30.1 Å². The van der Waals surface area contributed by atoms with Crippen molar-refractivity contribution in [3.05, 3.63) is 77.1 Å². The molecule has 2 N–H and O–H groups in total. The van der Waals surface area contributed by atoms with Gasteiger partial charge >= 0.3 is 0 Å². The summed E-state index contributed by atoms with van der Waals surface area (Å²) in [6, 6.07) is 13.8. The number of benzene rings is 2. The monoisotopic (exact) mass is 483 g/mol. The number of unbranched alkanes of at least 4 members (excludes halogenated alkanes) is 2. The molecule has 0 fully saturated rings. The summed E-state index contributed by atoms with van der Waals surface area (Å²) in [5.74, 6) is -0.609. The molecule has 0 aliphatic rings. The van der Waals surface area contributed by atoms with Gasteiger partial charge in [-0.2, -0.15) is 0 Å². The first-order valence-corrected chi connectivity index (χ1v) is 12.7. The molecule has 33 heavy (non-hydrogen) atoms. The third-order valence-electron chi connectivity index (χ3n) is 4.87. The van der Waals surface area contributed by atoms with Gasteiger partial charge in [0.1, 0.15) is 5.82 Å². The Hall–Kier alpha value is -2.97. The summed E-state index contributed by atoms with van der Waals surface area (Å²) in [4.78, 5) is 30.0. The van der Waals surface area contributed by atoms with E-state index < -0.39 is 0 Å². The van der Waals surface area contributed by atoms with E-state index >= 15 is 0 Å². The molecule has 0 atom stereocenters. The van der Waals surface area contributed by atoms with E-state index in [1.165, 1.54) is 23.5 Å². The van der Waals surface area contributed by atoms with Gasteiger partial charge in [0.25, 0.3) is 5.91 Å². The molecule has 8 heteroatoms. The lowest BCUT2D eigenvalue weighted by molar-refractivity contribution is -0.117. The van der Waals surface area contributed by atoms with Crippen molar-refractivity contribution in [1.82, 2.24) is 10.3 Å². The fourth-order valence-electron chi connectivity index (χ4n) is 3.13. The second kappa shape index (κ2) is 12.9. The number of thioether (sulfide) groups is 1. The van der Waals surface area contributed by atoms with Crippen LogP contribution in [0.2, 0.25) is 0 Å². The molecular formula is C25H26FN3O2S2. The standard InChI is InChI=1S/C25H26FN3O2S2/c1-32-21-12-6-18(7-13-21)17-22(19-8-10-20(26)11-9-19)24(31)27-14-4-2-3-5-23(30)29-25-28-15-16-33-25/h6-13,15-17H,2-5,14H2,1H3,(H,27,31)(H,28,29,30)/b22-17-. The quantitative estimate of drug-likeness (QED) is 0.155. The number of carbonyl (C=O) groups excluding carboxylic acids is 2. The molecule has 5 nitrogen and oxygen atoms in total. The maximum Gasteiger partial charge on any atom is 0.251 e. The number of nitrogens with one attached hydrogen (secondary N) is 2. The largest absolute Gasteiger partial charge is 0.352 e. The van der Waals surface area contributed by atoms with E-state index in [0.29, 0.717) is 29.2 Å². The SMILES string of the molecule is CSc1ccc(/C=C(\C(=O)NCCCCCC(=O)Nc2nccs2)c2ccc(F)cc2)cc1. The second-order valence-electron chi connectivity index (χ2n) is 7.29. The highest BCUT2D eigenvalue weighted by Crippen LogP contribution is 2.21. The van der Waals surface area contributed by atoms with Gasteiger partial charge in [-0.3, -0.25) is 9.59 Å². The zero-order valence-corrected chi connectivity index (χ0v) is 20.0. The molecule has 0 saturated carbocycles. The number of nitrogens with zero attached hydrogens (tertiary/aromatic N) is 1. The first-order valence-electron chi connectivity index (χ1n) is 10.6. The van der Waals surface area contributed by atoms with E-state index in [9.17, 15) is 14.0 Å². The lowest BCUT2D eigenvalue weighted by Gasteiger charge is -2.10. The van der Waals surface area contributed by atoms with Crippen molar-refractivity contribution in [2.24, 2.45) is 0 Å². The van der Waals surface area contributed by atoms with Crippen LogP contribution >= 0.6 is 23.1 Å². The number of thiazole rings is 1. The Balaban J connectivity index is 1.52. The van der Waals surface area contributed by atoms with E-state index in [-0.39, 0.29) is 17.6 Å². The average molecular weight is 484 g/mol. The molecule has 0 saturated heterocycles. The number of carbonyl (C=O) groups is 2. The second-order valence-corrected chi connectivity index (χ2v) is 9.06. The van der Waals surface area contributed by atoms with Gasteiger partial charge in [0.15, 0.2) is 5.13 Å². The van der Waals surface area contributed by atoms with Crippen LogP contribution in [-0.4, -0.2) is 29.6 Å². The maximum absolute atomic E-state index is 13.4. The minimum atomic E-state index is -0.346. The number of hydrogen-bond acceptors (Lipinski definition) is 5. The van der Waals surface area contributed by atoms with E-state index in [0.717, 1.165) is 29.7 Å². The molecule has 0 unspecified atom stereocenters. The van der Waals surface area contributed by atoms with Crippen molar-refractivity contribution in [2.75, 3.05) is 18.1 Å². The summed E-state index contributed by atoms with van der Waals surface area (Å²) < 4.78 is 13.4. The Morgan fingerprint density at radius 3 is 2.48 bits per heavy atom. The van der Waals surface area contributed by atoms with E-state index in [2.05, 4.69) is 15.6 Å². The van der Waals surface area contributed by atoms with Crippen molar-refractivity contribution < 1.29 is 14.0 Å². The number of amides is 2. The summed E-state index contributed by atoms with van der Waals surface area (Å²) in [6.45, 7) is 0.497. The Morgan fingerprint density at radius 2 is 1.82 bits per heavy atom. The molecule has 0 aliphatic heterocycles. The number of aromatic nitrogens is 1. The lowest BCUT2D eigenvalue weighted by atomic mass is 10.0. The predicted molar refractivity (Wildman–Crippen MR) is 135 cm³/mol. The Labute approximate surface area is 201 Å². The predicted octanol–water partition coefficient (Wildman–Crippen LogP) is 5.86. The smallest absolute Gasteiger partial charge is 0.251 e. The van der Waals surface area contributed by atoms with Gasteiger partial charge in [-0.1, -0.05) is 30.7 Å². The summed E-state index contributed by atoms with van der Waals surface area (Å²) in [7, 11) is 0. The third-order valence-corrected chi connectivity index (χ3v) is 6.30. The van der Waals surface area contributed by atoms with Gasteiger partial charge in [-0.05, 0) is 60.6 Å². The Bertz CT molecular complexity index is 1070. The van der Waals surface area contributed by atoms with Crippen LogP contribution < -0.4 is 10.6 Å². The van der Waals surface area contributed by atoms with Crippen LogP contribution in [0.25, 0.3) is 11.6 Å². The summed E-state index contributed by atoms with van der Waals surface area (Å²) >= 11 is 3.04. The minimum Gasteiger partial charge on any atom is -0.352 e. The highest BCUT2D eigenvalue weighted by atomic mass is 32.2. The van der Waals surface area contributed by atoms with Crippen molar-refractivity contribution >= 4 is 51.7 Å². The van der Waals surface area contributed by atoms with Crippen LogP contribution in [0, 0.1) is 5.82 Å². The lowest BCUT2D eigenvalue weighted by Crippen LogP contribution is -2.25. The van der Waals surface area contributed by atoms with E-state index in [1.807, 2.05) is 42.0 Å². The van der Waals surface area contributed by atoms with Gasteiger partial charge in [0, 0.05) is 35.0 Å². The molecule has 3 aromatic rings. The molecule has 3 rings (SSSR count). The van der Waals surface area contributed by atoms with Crippen LogP contribution in [0.3, 0.4) is 0 Å². The first-order chi connectivity index (χ1) is 16.0. The fraction of sp³-hybridized carbons (Fsp3) is 0.240. The number of hydrogen-bond donors (Lipinski definition) is 2. The first kappa shape index (κ1) is 24.7. The van der Waals surface area contributed by atoms with Gasteiger partial charge in [0.2, 0.25) is 5.91 Å². The zero-order chi connectivity index (χ0) is 23.5. The van der Waals surface area contributed by atoms with Gasteiger partial charge < -0.3 is 10.6 Å². The zero-order valence-electron chi connectivity index (χ0n) is 18.3. The summed E-state index contributed by atoms with van der Waals surface area (Å²) in [6.07, 6.45) is 8.20. The van der Waals surface area contributed by atoms with Crippen molar-refractivity contribution in [3.8, 4) is 0 Å². The molecule has 0 aliphatic carbocycles. The molecular weight excluding hydrogens is 457 g/mol. The van der Waals surface area contributed by atoms with Crippen molar-refractivity contribution in [1.29, 1.82) is 0 Å². The van der Waals surface area contributed by atoms with Crippen LogP contribution in [0.4, 0.5) is 9.52 Å². The molecule has 2 aromatic carbocycles. The highest BCUT2D eigenvalue weighted by Gasteiger charge is 2.12. The molecule has 172 valence electrons. The van der Waals surface area contributed by atoms with Crippen LogP contribution in [-0.2, 0) is 9.59 Å². The Kier molecular flexibility index (Phi) is 9.65. The summed E-state index contributed by atoms with van der Waals surface area (Å²) in [5.41, 5.74) is 2.03. The molecule has 0 radical (unpaired) electrons. The van der Waals surface area contributed by atoms with Gasteiger partial charge in [-0.15, -0.1) is 23.1 Å². The van der Waals surface area contributed by atoms with Crippen LogP contribution in [0.1, 0.15) is 36.8 Å². The number of halogens is 1. The molecule has 2 amide bonds. The molecule has 1 aromatic heterocycles. The van der Waals surface area contributed by atoms with Gasteiger partial charge in [-0.25, -0.2) is 9.37 Å². The molecule has 0 spiro atoms. The third kappa shape index (κ3) is 8.14. The average Bonchev–Trinajstić information content (AvgIpc) is 3.33. The fourth-order valence-corrected chi connectivity index (χ4v) is 4.08. The number of anilines is 1. The Morgan fingerprint density at radius 1 is 1.06 bits per heavy atom. The van der Waals surface area contributed by atoms with Gasteiger partial charge in [0.05, 0.1) is 0 Å². The normalized spacial score (nSPS) is 11.3. The molecule has 0 bridgehead atoms. The van der Waals surface area contributed by atoms with E-state index in [4.69, 9.17) is 0 Å². The number of rotatable bonds is 11. The van der Waals surface area contributed by atoms with Crippen molar-refractivity contribution in [3.63, 3.8) is 0 Å². The van der Waals surface area contributed by atoms with Crippen LogP contribution in [0.5, 0.6) is 0 Å². The topological polar surface area (TPSA) is 71.1 Å². The highest BCUT2D eigenvalue weighted by molar-refractivity contribution is 7.98. The van der Waals surface area contributed by atoms with Crippen molar-refractivity contribution in [2.45, 2.75) is 30.6 Å².